The number of rotatable bonds is 7. The molecule has 1 fully saturated rings. The highest BCUT2D eigenvalue weighted by atomic mass is 35.5. The van der Waals surface area contributed by atoms with E-state index in [0.29, 0.717) is 41.4 Å². The number of amides is 1. The lowest BCUT2D eigenvalue weighted by atomic mass is 9.83. The average Bonchev–Trinajstić information content (AvgIpc) is 2.86. The van der Waals surface area contributed by atoms with E-state index >= 15 is 0 Å². The number of hydrogen-bond donors (Lipinski definition) is 1. The number of nitrogens with one attached hydrogen (secondary N) is 1. The van der Waals surface area contributed by atoms with Gasteiger partial charge in [0.05, 0.1) is 17.7 Å². The average molecular weight is 540 g/mol. The van der Waals surface area contributed by atoms with E-state index in [1.54, 1.807) is 18.2 Å². The summed E-state index contributed by atoms with van der Waals surface area (Å²) in [6.07, 6.45) is 3.62. The van der Waals surface area contributed by atoms with E-state index in [0.717, 1.165) is 24.2 Å². The van der Waals surface area contributed by atoms with Gasteiger partial charge in [-0.1, -0.05) is 61.3 Å². The molecule has 0 bridgehead atoms. The van der Waals surface area contributed by atoms with Gasteiger partial charge in [-0.2, -0.15) is 0 Å². The van der Waals surface area contributed by atoms with Crippen LogP contribution in [0.1, 0.15) is 63.1 Å². The minimum absolute atomic E-state index is 0.122. The maximum absolute atomic E-state index is 13.4. The number of fused-ring (bicyclic) bond motifs is 1. The van der Waals surface area contributed by atoms with Crippen LogP contribution in [0, 0.1) is 5.92 Å². The van der Waals surface area contributed by atoms with Gasteiger partial charge in [-0.3, -0.25) is 4.79 Å². The molecule has 1 N–H and O–H groups in total. The molecule has 2 aliphatic rings. The fourth-order valence-electron chi connectivity index (χ4n) is 5.07. The van der Waals surface area contributed by atoms with Crippen LogP contribution in [0.15, 0.2) is 42.5 Å². The molecule has 6 nitrogen and oxygen atoms in total. The zero-order valence-corrected chi connectivity index (χ0v) is 22.4. The molecule has 0 unspecified atom stereocenters. The number of carbonyl (C=O) groups is 1. The van der Waals surface area contributed by atoms with E-state index < -0.39 is 15.9 Å². The van der Waals surface area contributed by atoms with Gasteiger partial charge in [-0.05, 0) is 43.9 Å². The Bertz CT molecular complexity index is 1160. The molecule has 4 rings (SSSR count). The van der Waals surface area contributed by atoms with Crippen molar-refractivity contribution in [2.24, 2.45) is 5.92 Å². The highest BCUT2D eigenvalue weighted by molar-refractivity contribution is 7.88. The van der Waals surface area contributed by atoms with E-state index in [9.17, 15) is 13.2 Å². The monoisotopic (exact) mass is 538 g/mol. The number of para-hydroxylation sites is 1. The lowest BCUT2D eigenvalue weighted by molar-refractivity contribution is -0.127. The first-order valence-electron chi connectivity index (χ1n) is 12.2. The number of piperidine rings is 1. The quantitative estimate of drug-likeness (QED) is 0.488. The number of ether oxygens (including phenoxy) is 1. The topological polar surface area (TPSA) is 75.7 Å². The van der Waals surface area contributed by atoms with Gasteiger partial charge in [-0.15, -0.1) is 0 Å². The van der Waals surface area contributed by atoms with Crippen LogP contribution in [0.3, 0.4) is 0 Å². The Labute approximate surface area is 218 Å². The SMILES string of the molecule is CCC1(CC)C[C@@H](NC(=O)[C@@H]2CCCN(S(=O)(=O)Cc3c(Cl)cccc3Cl)C2)c2ccccc2O1. The van der Waals surface area contributed by atoms with Crippen LogP contribution in [0.2, 0.25) is 10.0 Å². The van der Waals surface area contributed by atoms with E-state index in [1.165, 1.54) is 4.31 Å². The maximum Gasteiger partial charge on any atom is 0.224 e. The first-order chi connectivity index (χ1) is 16.7. The zero-order chi connectivity index (χ0) is 25.2. The van der Waals surface area contributed by atoms with E-state index in [1.807, 2.05) is 24.3 Å². The Morgan fingerprint density at radius 2 is 1.80 bits per heavy atom. The molecule has 1 amide bonds. The van der Waals surface area contributed by atoms with Crippen LogP contribution < -0.4 is 10.1 Å². The third-order valence-electron chi connectivity index (χ3n) is 7.34. The molecule has 0 radical (unpaired) electrons. The van der Waals surface area contributed by atoms with Crippen LogP contribution in [-0.4, -0.2) is 37.3 Å². The summed E-state index contributed by atoms with van der Waals surface area (Å²) >= 11 is 12.4. The predicted octanol–water partition coefficient (Wildman–Crippen LogP) is 5.73. The molecular formula is C26H32Cl2N2O4S. The Balaban J connectivity index is 1.49. The molecule has 0 saturated carbocycles. The van der Waals surface area contributed by atoms with Crippen molar-refractivity contribution in [2.75, 3.05) is 13.1 Å². The Hall–Kier alpha value is -1.80. The minimum atomic E-state index is -3.69. The second-order valence-electron chi connectivity index (χ2n) is 9.45. The molecule has 190 valence electrons. The second-order valence-corrected chi connectivity index (χ2v) is 12.2. The molecule has 2 atom stereocenters. The van der Waals surface area contributed by atoms with Gasteiger partial charge in [-0.25, -0.2) is 12.7 Å². The van der Waals surface area contributed by atoms with E-state index in [-0.39, 0.29) is 29.8 Å². The Kier molecular flexibility index (Phi) is 8.01. The second kappa shape index (κ2) is 10.7. The standard InChI is InChI=1S/C26H32Cl2N2O4S/c1-3-26(4-2)15-23(19-10-5-6-13-24(19)34-26)29-25(31)18-9-8-14-30(16-18)35(32,33)17-20-21(27)11-7-12-22(20)28/h5-7,10-13,18,23H,3-4,8-9,14-17H2,1-2H3,(H,29,31)/t18-,23-/m1/s1. The minimum Gasteiger partial charge on any atom is -0.487 e. The third-order valence-corrected chi connectivity index (χ3v) is 9.82. The number of hydrogen-bond acceptors (Lipinski definition) is 4. The molecule has 0 aromatic heterocycles. The molecule has 2 aliphatic heterocycles. The van der Waals surface area contributed by atoms with Crippen molar-refractivity contribution in [3.63, 3.8) is 0 Å². The Morgan fingerprint density at radius 3 is 2.49 bits per heavy atom. The van der Waals surface area contributed by atoms with Gasteiger partial charge in [0.2, 0.25) is 15.9 Å². The smallest absolute Gasteiger partial charge is 0.224 e. The van der Waals surface area contributed by atoms with Crippen molar-refractivity contribution in [3.05, 3.63) is 63.6 Å². The summed E-state index contributed by atoms with van der Waals surface area (Å²) in [6.45, 7) is 4.73. The van der Waals surface area contributed by atoms with Gasteiger partial charge in [0.15, 0.2) is 0 Å². The Morgan fingerprint density at radius 1 is 1.11 bits per heavy atom. The lowest BCUT2D eigenvalue weighted by Crippen LogP contribution is -2.49. The normalized spacial score (nSPS) is 22.2. The maximum atomic E-state index is 13.4. The van der Waals surface area contributed by atoms with E-state index in [2.05, 4.69) is 19.2 Å². The van der Waals surface area contributed by atoms with Crippen molar-refractivity contribution >= 4 is 39.1 Å². The highest BCUT2D eigenvalue weighted by Gasteiger charge is 2.40. The number of benzene rings is 2. The van der Waals surface area contributed by atoms with Crippen LogP contribution >= 0.6 is 23.2 Å². The van der Waals surface area contributed by atoms with Gasteiger partial charge in [0.25, 0.3) is 0 Å². The van der Waals surface area contributed by atoms with Crippen molar-refractivity contribution in [1.82, 2.24) is 9.62 Å². The summed E-state index contributed by atoms with van der Waals surface area (Å²) in [6, 6.07) is 12.6. The molecule has 2 aromatic carbocycles. The fourth-order valence-corrected chi connectivity index (χ4v) is 7.43. The summed E-state index contributed by atoms with van der Waals surface area (Å²) < 4.78 is 34.2. The molecule has 2 heterocycles. The molecule has 0 aliphatic carbocycles. The lowest BCUT2D eigenvalue weighted by Gasteiger charge is -2.42. The predicted molar refractivity (Wildman–Crippen MR) is 139 cm³/mol. The third kappa shape index (κ3) is 5.63. The van der Waals surface area contributed by atoms with Gasteiger partial charge in [0.1, 0.15) is 11.4 Å². The van der Waals surface area contributed by atoms with E-state index in [4.69, 9.17) is 27.9 Å². The van der Waals surface area contributed by atoms with Crippen LogP contribution in [0.25, 0.3) is 0 Å². The molecule has 9 heteroatoms. The zero-order valence-electron chi connectivity index (χ0n) is 20.1. The van der Waals surface area contributed by atoms with Gasteiger partial charge in [0, 0.05) is 40.7 Å². The van der Waals surface area contributed by atoms with Gasteiger partial charge >= 0.3 is 0 Å². The van der Waals surface area contributed by atoms with Crippen molar-refractivity contribution in [2.45, 2.75) is 63.3 Å². The first kappa shape index (κ1) is 26.3. The van der Waals surface area contributed by atoms with Crippen molar-refractivity contribution in [3.8, 4) is 5.75 Å². The summed E-state index contributed by atoms with van der Waals surface area (Å²) in [4.78, 5) is 13.4. The summed E-state index contributed by atoms with van der Waals surface area (Å²) in [5.41, 5.74) is 1.02. The molecule has 35 heavy (non-hydrogen) atoms. The number of nitrogens with zero attached hydrogens (tertiary/aromatic N) is 1. The summed E-state index contributed by atoms with van der Waals surface area (Å²) in [7, 11) is -3.69. The summed E-state index contributed by atoms with van der Waals surface area (Å²) in [5.74, 6) is -0.0310. The van der Waals surface area contributed by atoms with Crippen LogP contribution in [-0.2, 0) is 20.6 Å². The largest absolute Gasteiger partial charge is 0.487 e. The number of halogens is 2. The molecule has 1 saturated heterocycles. The fraction of sp³-hybridized carbons (Fsp3) is 0.500. The number of carbonyl (C=O) groups excluding carboxylic acids is 1. The van der Waals surface area contributed by atoms with Crippen molar-refractivity contribution in [1.29, 1.82) is 0 Å². The first-order valence-corrected chi connectivity index (χ1v) is 14.5. The van der Waals surface area contributed by atoms with Crippen LogP contribution in [0.5, 0.6) is 5.75 Å². The number of sulfonamides is 1. The summed E-state index contributed by atoms with van der Waals surface area (Å²) in [5, 5.41) is 3.87. The van der Waals surface area contributed by atoms with Crippen LogP contribution in [0.4, 0.5) is 0 Å². The molecule has 0 spiro atoms. The van der Waals surface area contributed by atoms with Gasteiger partial charge < -0.3 is 10.1 Å². The highest BCUT2D eigenvalue weighted by Crippen LogP contribution is 2.43. The molecular weight excluding hydrogens is 507 g/mol. The molecule has 2 aromatic rings. The van der Waals surface area contributed by atoms with Crippen molar-refractivity contribution < 1.29 is 17.9 Å².